The minimum Gasteiger partial charge on any atom is -0.381 e. The number of thioether (sulfide) groups is 1. The van der Waals surface area contributed by atoms with Crippen LogP contribution in [-0.4, -0.2) is 37.8 Å². The van der Waals surface area contributed by atoms with Crippen LogP contribution in [0.15, 0.2) is 73.1 Å². The van der Waals surface area contributed by atoms with Crippen LogP contribution in [0.2, 0.25) is 0 Å². The number of pyridine rings is 1. The smallest absolute Gasteiger partial charge is 0.258 e. The molecule has 1 amide bonds. The Labute approximate surface area is 219 Å². The number of nitrogen functional groups attached to an aromatic ring is 1. The van der Waals surface area contributed by atoms with Gasteiger partial charge in [0.2, 0.25) is 0 Å². The Kier molecular flexibility index (Phi) is 7.06. The summed E-state index contributed by atoms with van der Waals surface area (Å²) in [6.07, 6.45) is 3.33. The minimum atomic E-state index is -0.277. The van der Waals surface area contributed by atoms with Gasteiger partial charge in [-0.05, 0) is 37.6 Å². The maximum Gasteiger partial charge on any atom is 0.258 e. The van der Waals surface area contributed by atoms with E-state index in [-0.39, 0.29) is 17.0 Å². The van der Waals surface area contributed by atoms with E-state index in [1.165, 1.54) is 4.52 Å². The van der Waals surface area contributed by atoms with Crippen LogP contribution in [0.4, 0.5) is 5.82 Å². The molecule has 0 saturated carbocycles. The third-order valence-corrected chi connectivity index (χ3v) is 7.22. The molecule has 1 unspecified atom stereocenters. The van der Waals surface area contributed by atoms with Crippen molar-refractivity contribution in [2.45, 2.75) is 19.1 Å². The average molecular weight is 507 g/mol. The molecular weight excluding hydrogens is 480 g/mol. The summed E-state index contributed by atoms with van der Waals surface area (Å²) in [6.45, 7) is 4.49. The lowest BCUT2D eigenvalue weighted by molar-refractivity contribution is 0.0958. The first kappa shape index (κ1) is 24.3. The molecule has 0 spiro atoms. The highest BCUT2D eigenvalue weighted by Gasteiger charge is 2.20. The van der Waals surface area contributed by atoms with Crippen molar-refractivity contribution in [3.63, 3.8) is 0 Å². The average Bonchev–Trinajstić information content (AvgIpc) is 3.26. The molecule has 3 aromatic heterocycles. The summed E-state index contributed by atoms with van der Waals surface area (Å²) < 4.78 is 1.51. The van der Waals surface area contributed by atoms with E-state index in [0.717, 1.165) is 33.3 Å². The lowest BCUT2D eigenvalue weighted by atomic mass is 10.00. The molecule has 184 valence electrons. The van der Waals surface area contributed by atoms with Crippen LogP contribution in [-0.2, 0) is 0 Å². The molecule has 0 fully saturated rings. The number of nitrogens with one attached hydrogen (secondary N) is 1. The number of hydrogen-bond acceptors (Lipinski definition) is 6. The Bertz CT molecular complexity index is 1650. The molecule has 1 atom stereocenters. The third-order valence-electron chi connectivity index (χ3n) is 6.03. The third kappa shape index (κ3) is 4.99. The monoisotopic (exact) mass is 506 g/mol. The summed E-state index contributed by atoms with van der Waals surface area (Å²) in [4.78, 5) is 22.1. The first-order chi connectivity index (χ1) is 18.1. The predicted molar refractivity (Wildman–Crippen MR) is 150 cm³/mol. The number of anilines is 1. The first-order valence-electron chi connectivity index (χ1n) is 12.0. The maximum atomic E-state index is 12.8. The summed E-state index contributed by atoms with van der Waals surface area (Å²) in [5, 5.41) is 8.33. The molecule has 0 aliphatic heterocycles. The molecule has 2 aromatic carbocycles. The zero-order chi connectivity index (χ0) is 25.8. The molecule has 0 bridgehead atoms. The fraction of sp³-hybridized carbons (Fsp3) is 0.172. The van der Waals surface area contributed by atoms with Crippen LogP contribution in [0.1, 0.15) is 40.6 Å². The minimum absolute atomic E-state index is 0.147. The summed E-state index contributed by atoms with van der Waals surface area (Å²) in [6, 6.07) is 20.3. The summed E-state index contributed by atoms with van der Waals surface area (Å²) in [5.74, 6) is 6.78. The lowest BCUT2D eigenvalue weighted by Gasteiger charge is -2.18. The molecule has 8 heteroatoms. The number of hydrogen-bond donors (Lipinski definition) is 2. The second-order valence-electron chi connectivity index (χ2n) is 8.46. The lowest BCUT2D eigenvalue weighted by Crippen LogP contribution is -2.26. The number of rotatable bonds is 7. The van der Waals surface area contributed by atoms with Crippen LogP contribution >= 0.6 is 11.8 Å². The maximum absolute atomic E-state index is 12.8. The molecule has 37 heavy (non-hydrogen) atoms. The fourth-order valence-corrected chi connectivity index (χ4v) is 5.22. The van der Waals surface area contributed by atoms with Crippen molar-refractivity contribution in [2.75, 3.05) is 18.0 Å². The Balaban J connectivity index is 1.35. The first-order valence-corrected chi connectivity index (χ1v) is 13.0. The molecule has 5 rings (SSSR count). The van der Waals surface area contributed by atoms with Gasteiger partial charge in [-0.1, -0.05) is 48.4 Å². The van der Waals surface area contributed by atoms with Crippen molar-refractivity contribution in [1.82, 2.24) is 24.9 Å². The van der Waals surface area contributed by atoms with Gasteiger partial charge in [-0.15, -0.1) is 11.0 Å². The van der Waals surface area contributed by atoms with Gasteiger partial charge in [0.05, 0.1) is 16.8 Å². The van der Waals surface area contributed by atoms with E-state index in [0.29, 0.717) is 23.5 Å². The number of carbonyl (C=O) groups excluding carboxylic acids is 1. The van der Waals surface area contributed by atoms with E-state index in [1.54, 1.807) is 30.2 Å². The highest BCUT2D eigenvalue weighted by molar-refractivity contribution is 7.99. The number of carbonyl (C=O) groups is 1. The molecule has 5 aromatic rings. The Morgan fingerprint density at radius 3 is 2.81 bits per heavy atom. The fourth-order valence-electron chi connectivity index (χ4n) is 4.29. The second-order valence-corrected chi connectivity index (χ2v) is 9.91. The van der Waals surface area contributed by atoms with Gasteiger partial charge in [-0.2, -0.15) is 11.8 Å². The van der Waals surface area contributed by atoms with E-state index in [1.807, 2.05) is 37.3 Å². The molecule has 0 saturated heterocycles. The van der Waals surface area contributed by atoms with Gasteiger partial charge in [0.25, 0.3) is 5.91 Å². The highest BCUT2D eigenvalue weighted by atomic mass is 32.2. The molecule has 3 heterocycles. The Hall–Kier alpha value is -4.35. The largest absolute Gasteiger partial charge is 0.381 e. The van der Waals surface area contributed by atoms with Crippen molar-refractivity contribution in [3.05, 3.63) is 89.7 Å². The highest BCUT2D eigenvalue weighted by Crippen LogP contribution is 2.37. The molecule has 7 nitrogen and oxygen atoms in total. The van der Waals surface area contributed by atoms with E-state index in [9.17, 15) is 4.79 Å². The molecule has 0 radical (unpaired) electrons. The molecule has 0 aliphatic carbocycles. The van der Waals surface area contributed by atoms with E-state index < -0.39 is 0 Å². The second kappa shape index (κ2) is 10.7. The molecule has 0 aliphatic rings. The van der Waals surface area contributed by atoms with Crippen LogP contribution < -0.4 is 11.1 Å². The zero-order valence-corrected chi connectivity index (χ0v) is 21.4. The quantitative estimate of drug-likeness (QED) is 0.235. The molecule has 3 N–H and O–H groups in total. The number of amides is 1. The molecular formula is C29H26N6OS. The van der Waals surface area contributed by atoms with Crippen molar-refractivity contribution in [2.24, 2.45) is 0 Å². The summed E-state index contributed by atoms with van der Waals surface area (Å²) >= 11 is 1.76. The number of para-hydroxylation sites is 1. The SMILES string of the molecule is CC#Cc1cccc2cc(C(C)SCCNC(=O)c3c(N)nn4cccnc34)c(-c3ccccc3)nc12. The number of fused-ring (bicyclic) bond motifs is 2. The Morgan fingerprint density at radius 1 is 1.16 bits per heavy atom. The van der Waals surface area contributed by atoms with Crippen LogP contribution in [0.5, 0.6) is 0 Å². The zero-order valence-electron chi connectivity index (χ0n) is 20.6. The van der Waals surface area contributed by atoms with Gasteiger partial charge in [-0.3, -0.25) is 4.79 Å². The van der Waals surface area contributed by atoms with Gasteiger partial charge >= 0.3 is 0 Å². The van der Waals surface area contributed by atoms with Gasteiger partial charge < -0.3 is 11.1 Å². The van der Waals surface area contributed by atoms with Crippen molar-refractivity contribution in [1.29, 1.82) is 0 Å². The topological polar surface area (TPSA) is 98.2 Å². The van der Waals surface area contributed by atoms with Gasteiger partial charge in [-0.25, -0.2) is 14.5 Å². The van der Waals surface area contributed by atoms with E-state index in [4.69, 9.17) is 10.7 Å². The van der Waals surface area contributed by atoms with Crippen molar-refractivity contribution < 1.29 is 4.79 Å². The standard InChI is InChI=1S/C29H26N6OS/c1-3-9-20-12-7-13-22-18-23(26(33-25(20)22)21-10-5-4-6-11-21)19(2)37-17-15-32-29(36)24-27(30)34-35-16-8-14-31-28(24)35/h4-8,10-14,16,18-19H,15,17H2,1-2H3,(H2,30,34)(H,32,36). The van der Waals surface area contributed by atoms with E-state index in [2.05, 4.69) is 58.4 Å². The van der Waals surface area contributed by atoms with Crippen LogP contribution in [0.3, 0.4) is 0 Å². The number of nitrogens with two attached hydrogens (primary N) is 1. The van der Waals surface area contributed by atoms with Crippen LogP contribution in [0.25, 0.3) is 27.8 Å². The van der Waals surface area contributed by atoms with Crippen molar-refractivity contribution >= 4 is 40.0 Å². The summed E-state index contributed by atoms with van der Waals surface area (Å²) in [7, 11) is 0. The van der Waals surface area contributed by atoms with Gasteiger partial charge in [0, 0.05) is 40.9 Å². The van der Waals surface area contributed by atoms with Gasteiger partial charge in [0.15, 0.2) is 11.5 Å². The summed E-state index contributed by atoms with van der Waals surface area (Å²) in [5.41, 5.74) is 11.7. The van der Waals surface area contributed by atoms with Crippen LogP contribution in [0, 0.1) is 11.8 Å². The predicted octanol–water partition coefficient (Wildman–Crippen LogP) is 5.12. The normalized spacial score (nSPS) is 11.7. The van der Waals surface area contributed by atoms with Crippen molar-refractivity contribution in [3.8, 4) is 23.1 Å². The number of aromatic nitrogens is 4. The number of nitrogens with zero attached hydrogens (tertiary/aromatic N) is 4. The Morgan fingerprint density at radius 2 is 2.00 bits per heavy atom. The van der Waals surface area contributed by atoms with E-state index >= 15 is 0 Å². The van der Waals surface area contributed by atoms with Gasteiger partial charge in [0.1, 0.15) is 5.56 Å². The number of benzene rings is 2.